The number of esters is 2. The van der Waals surface area contributed by atoms with Crippen LogP contribution in [0.15, 0.2) is 54.7 Å². The fourth-order valence-electron chi connectivity index (χ4n) is 3.38. The number of aliphatic hydroxyl groups excluding tert-OH is 1. The molecular weight excluding hydrogens is 384 g/mol. The summed E-state index contributed by atoms with van der Waals surface area (Å²) < 4.78 is 10.1. The Morgan fingerprint density at radius 2 is 1.80 bits per heavy atom. The third-order valence-corrected chi connectivity index (χ3v) is 4.67. The van der Waals surface area contributed by atoms with E-state index in [4.69, 9.17) is 9.47 Å². The Balaban J connectivity index is 2.24. The fourth-order valence-corrected chi connectivity index (χ4v) is 3.38. The number of hydrogen-bond donors (Lipinski definition) is 1. The number of ether oxygens (including phenoxy) is 2. The van der Waals surface area contributed by atoms with Crippen LogP contribution in [0.5, 0.6) is 0 Å². The van der Waals surface area contributed by atoms with E-state index in [1.165, 1.54) is 13.3 Å². The molecule has 0 fully saturated rings. The molecule has 0 aliphatic heterocycles. The minimum Gasteiger partial charge on any atom is -0.465 e. The van der Waals surface area contributed by atoms with Gasteiger partial charge in [-0.25, -0.2) is 9.59 Å². The van der Waals surface area contributed by atoms with Gasteiger partial charge in [0.2, 0.25) is 0 Å². The number of para-hydroxylation sites is 1. The van der Waals surface area contributed by atoms with Crippen LogP contribution in [-0.4, -0.2) is 48.9 Å². The third kappa shape index (κ3) is 4.41. The highest BCUT2D eigenvalue weighted by Gasteiger charge is 2.24. The molecule has 0 spiro atoms. The predicted molar refractivity (Wildman–Crippen MR) is 114 cm³/mol. The molecule has 0 unspecified atom stereocenters. The summed E-state index contributed by atoms with van der Waals surface area (Å²) in [5.74, 6) is -1.03. The minimum atomic E-state index is -0.514. The molecule has 1 N–H and O–H groups in total. The van der Waals surface area contributed by atoms with E-state index in [-0.39, 0.29) is 25.3 Å². The molecule has 1 heterocycles. The molecule has 156 valence electrons. The van der Waals surface area contributed by atoms with Crippen molar-refractivity contribution in [2.24, 2.45) is 0 Å². The van der Waals surface area contributed by atoms with E-state index in [1.54, 1.807) is 25.1 Å². The highest BCUT2D eigenvalue weighted by molar-refractivity contribution is 6.10. The van der Waals surface area contributed by atoms with Crippen molar-refractivity contribution >= 4 is 28.5 Å². The van der Waals surface area contributed by atoms with Gasteiger partial charge in [0.15, 0.2) is 0 Å². The molecule has 0 saturated carbocycles. The largest absolute Gasteiger partial charge is 0.465 e. The molecule has 30 heavy (non-hydrogen) atoms. The number of carbonyl (C=O) groups is 2. The lowest BCUT2D eigenvalue weighted by Gasteiger charge is -2.27. The summed E-state index contributed by atoms with van der Waals surface area (Å²) in [6.07, 6.45) is 1.41. The van der Waals surface area contributed by atoms with E-state index in [0.29, 0.717) is 28.7 Å². The summed E-state index contributed by atoms with van der Waals surface area (Å²) in [4.78, 5) is 31.2. The SMILES string of the molecule is CCOC(=O)c1cnc2c(C(=O)OC)cccc2c1N(CCO)Cc1ccccc1. The number of benzene rings is 2. The van der Waals surface area contributed by atoms with Crippen molar-refractivity contribution < 1.29 is 24.2 Å². The summed E-state index contributed by atoms with van der Waals surface area (Å²) in [6, 6.07) is 14.9. The van der Waals surface area contributed by atoms with Crippen LogP contribution in [-0.2, 0) is 16.0 Å². The molecule has 1 aromatic heterocycles. The van der Waals surface area contributed by atoms with Gasteiger partial charge in [-0.05, 0) is 18.6 Å². The fraction of sp³-hybridized carbons (Fsp3) is 0.261. The Labute approximate surface area is 174 Å². The van der Waals surface area contributed by atoms with Crippen LogP contribution >= 0.6 is 0 Å². The molecule has 0 radical (unpaired) electrons. The molecule has 0 aliphatic carbocycles. The van der Waals surface area contributed by atoms with Gasteiger partial charge in [0.05, 0.1) is 37.1 Å². The van der Waals surface area contributed by atoms with Gasteiger partial charge in [-0.2, -0.15) is 0 Å². The summed E-state index contributed by atoms with van der Waals surface area (Å²) in [5, 5.41) is 10.3. The van der Waals surface area contributed by atoms with Crippen LogP contribution in [0.1, 0.15) is 33.2 Å². The van der Waals surface area contributed by atoms with Crippen molar-refractivity contribution in [3.8, 4) is 0 Å². The molecule has 0 aliphatic rings. The minimum absolute atomic E-state index is 0.115. The van der Waals surface area contributed by atoms with E-state index in [1.807, 2.05) is 35.2 Å². The number of rotatable bonds is 8. The number of pyridine rings is 1. The number of anilines is 1. The molecule has 0 bridgehead atoms. The second-order valence-electron chi connectivity index (χ2n) is 6.57. The normalized spacial score (nSPS) is 10.6. The number of carbonyl (C=O) groups excluding carboxylic acids is 2. The maximum Gasteiger partial charge on any atom is 0.341 e. The van der Waals surface area contributed by atoms with Gasteiger partial charge in [0.25, 0.3) is 0 Å². The van der Waals surface area contributed by atoms with E-state index in [0.717, 1.165) is 5.56 Å². The molecule has 3 aromatic rings. The van der Waals surface area contributed by atoms with E-state index in [9.17, 15) is 14.7 Å². The molecule has 7 heteroatoms. The van der Waals surface area contributed by atoms with E-state index < -0.39 is 11.9 Å². The first-order valence-electron chi connectivity index (χ1n) is 9.67. The number of methoxy groups -OCH3 is 1. The van der Waals surface area contributed by atoms with E-state index >= 15 is 0 Å². The molecular formula is C23H24N2O5. The van der Waals surface area contributed by atoms with Crippen molar-refractivity contribution in [2.75, 3.05) is 31.8 Å². The summed E-state index contributed by atoms with van der Waals surface area (Å²) in [7, 11) is 1.31. The Bertz CT molecular complexity index is 1040. The van der Waals surface area contributed by atoms with Crippen LogP contribution in [0.2, 0.25) is 0 Å². The average molecular weight is 408 g/mol. The van der Waals surface area contributed by atoms with Gasteiger partial charge in [0, 0.05) is 24.7 Å². The van der Waals surface area contributed by atoms with Gasteiger partial charge in [-0.1, -0.05) is 42.5 Å². The topological polar surface area (TPSA) is 89.0 Å². The van der Waals surface area contributed by atoms with Crippen LogP contribution in [0.25, 0.3) is 10.9 Å². The molecule has 3 rings (SSSR count). The molecule has 0 saturated heterocycles. The van der Waals surface area contributed by atoms with Crippen molar-refractivity contribution in [3.63, 3.8) is 0 Å². The van der Waals surface area contributed by atoms with Crippen LogP contribution in [0, 0.1) is 0 Å². The van der Waals surface area contributed by atoms with Crippen LogP contribution in [0.3, 0.4) is 0 Å². The second kappa shape index (κ2) is 9.84. The lowest BCUT2D eigenvalue weighted by atomic mass is 10.0. The number of aliphatic hydroxyl groups is 1. The number of hydrogen-bond acceptors (Lipinski definition) is 7. The first-order valence-corrected chi connectivity index (χ1v) is 9.67. The van der Waals surface area contributed by atoms with Crippen molar-refractivity contribution in [1.82, 2.24) is 4.98 Å². The monoisotopic (exact) mass is 408 g/mol. The second-order valence-corrected chi connectivity index (χ2v) is 6.57. The zero-order valence-electron chi connectivity index (χ0n) is 17.0. The van der Waals surface area contributed by atoms with Crippen LogP contribution in [0.4, 0.5) is 5.69 Å². The van der Waals surface area contributed by atoms with Crippen molar-refractivity contribution in [3.05, 3.63) is 71.4 Å². The number of fused-ring (bicyclic) bond motifs is 1. The summed E-state index contributed by atoms with van der Waals surface area (Å²) in [6.45, 7) is 2.57. The zero-order valence-corrected chi connectivity index (χ0v) is 17.0. The van der Waals surface area contributed by atoms with Gasteiger partial charge in [0.1, 0.15) is 5.56 Å². The van der Waals surface area contributed by atoms with Gasteiger partial charge in [-0.15, -0.1) is 0 Å². The van der Waals surface area contributed by atoms with E-state index in [2.05, 4.69) is 4.98 Å². The molecule has 0 amide bonds. The van der Waals surface area contributed by atoms with Crippen LogP contribution < -0.4 is 4.90 Å². The predicted octanol–water partition coefficient (Wildman–Crippen LogP) is 3.20. The summed E-state index contributed by atoms with van der Waals surface area (Å²) >= 11 is 0. The lowest BCUT2D eigenvalue weighted by Crippen LogP contribution is -2.28. The molecule has 7 nitrogen and oxygen atoms in total. The number of nitrogens with zero attached hydrogens (tertiary/aromatic N) is 2. The maximum atomic E-state index is 12.7. The molecule has 0 atom stereocenters. The Morgan fingerprint density at radius 1 is 1.03 bits per heavy atom. The Kier molecular flexibility index (Phi) is 6.98. The summed E-state index contributed by atoms with van der Waals surface area (Å²) in [5.41, 5.74) is 2.56. The van der Waals surface area contributed by atoms with Crippen molar-refractivity contribution in [2.45, 2.75) is 13.5 Å². The highest BCUT2D eigenvalue weighted by Crippen LogP contribution is 2.33. The Hall–Kier alpha value is -3.45. The van der Waals surface area contributed by atoms with Gasteiger partial charge in [-0.3, -0.25) is 4.98 Å². The Morgan fingerprint density at radius 3 is 2.47 bits per heavy atom. The number of aromatic nitrogens is 1. The first-order chi connectivity index (χ1) is 14.6. The molecule has 2 aromatic carbocycles. The van der Waals surface area contributed by atoms with Gasteiger partial charge >= 0.3 is 11.9 Å². The van der Waals surface area contributed by atoms with Crippen molar-refractivity contribution in [1.29, 1.82) is 0 Å². The van der Waals surface area contributed by atoms with Gasteiger partial charge < -0.3 is 19.5 Å². The smallest absolute Gasteiger partial charge is 0.341 e. The average Bonchev–Trinajstić information content (AvgIpc) is 2.78. The lowest BCUT2D eigenvalue weighted by molar-refractivity contribution is 0.0526. The quantitative estimate of drug-likeness (QED) is 0.573. The maximum absolute atomic E-state index is 12.7. The standard InChI is InChI=1S/C23H24N2O5/c1-3-30-23(28)19-14-24-20-17(10-7-11-18(20)22(27)29-2)21(19)25(12-13-26)15-16-8-5-4-6-9-16/h4-11,14,26H,3,12-13,15H2,1-2H3. The zero-order chi connectivity index (χ0) is 21.5. The highest BCUT2D eigenvalue weighted by atomic mass is 16.5. The third-order valence-electron chi connectivity index (χ3n) is 4.67. The first kappa shape index (κ1) is 21.3.